The molecule has 0 radical (unpaired) electrons. The van der Waals surface area contributed by atoms with Crippen molar-refractivity contribution >= 4 is 18.5 Å². The number of rotatable bonds is 3. The van der Waals surface area contributed by atoms with Crippen LogP contribution in [-0.2, 0) is 9.47 Å². The van der Waals surface area contributed by atoms with Gasteiger partial charge in [0.1, 0.15) is 11.2 Å². The molecule has 1 rings (SSSR count). The van der Waals surface area contributed by atoms with Crippen molar-refractivity contribution in [1.29, 1.82) is 0 Å². The zero-order valence-electron chi connectivity index (χ0n) is 10.3. The van der Waals surface area contributed by atoms with Gasteiger partial charge in [-0.1, -0.05) is 0 Å². The quantitative estimate of drug-likeness (QED) is 0.784. The number of ether oxygens (including phenoxy) is 2. The summed E-state index contributed by atoms with van der Waals surface area (Å²) in [6, 6.07) is 0. The molecule has 0 aromatic rings. The SMILES string of the molecule is COC1(CNC(=O)OC(C)(C)C)CNC1.Cl. The smallest absolute Gasteiger partial charge is 0.407 e. The molecule has 1 saturated heterocycles. The van der Waals surface area contributed by atoms with Crippen molar-refractivity contribution in [2.75, 3.05) is 26.7 Å². The van der Waals surface area contributed by atoms with Crippen LogP contribution in [0.25, 0.3) is 0 Å². The highest BCUT2D eigenvalue weighted by atomic mass is 35.5. The van der Waals surface area contributed by atoms with Crippen LogP contribution in [0.5, 0.6) is 0 Å². The number of carbonyl (C=O) groups excluding carboxylic acids is 1. The molecule has 0 spiro atoms. The Hall–Kier alpha value is -0.520. The molecule has 2 N–H and O–H groups in total. The van der Waals surface area contributed by atoms with Gasteiger partial charge in [-0.05, 0) is 20.8 Å². The third kappa shape index (κ3) is 4.55. The predicted octanol–water partition coefficient (Wildman–Crippen LogP) is 0.921. The number of hydrogen-bond donors (Lipinski definition) is 2. The van der Waals surface area contributed by atoms with E-state index in [-0.39, 0.29) is 18.0 Å². The molecular formula is C10H21ClN2O3. The number of nitrogens with one attached hydrogen (secondary N) is 2. The van der Waals surface area contributed by atoms with E-state index in [1.54, 1.807) is 7.11 Å². The van der Waals surface area contributed by atoms with Gasteiger partial charge in [-0.25, -0.2) is 4.79 Å². The fourth-order valence-electron chi connectivity index (χ4n) is 1.29. The number of hydrogen-bond acceptors (Lipinski definition) is 4. The van der Waals surface area contributed by atoms with Gasteiger partial charge in [-0.15, -0.1) is 12.4 Å². The first kappa shape index (κ1) is 15.5. The van der Waals surface area contributed by atoms with Crippen LogP contribution in [0.15, 0.2) is 0 Å². The Morgan fingerprint density at radius 1 is 1.44 bits per heavy atom. The van der Waals surface area contributed by atoms with Gasteiger partial charge in [-0.2, -0.15) is 0 Å². The molecule has 1 heterocycles. The molecule has 0 aromatic heterocycles. The maximum absolute atomic E-state index is 11.4. The van der Waals surface area contributed by atoms with Gasteiger partial charge in [0, 0.05) is 20.2 Å². The highest BCUT2D eigenvalue weighted by Gasteiger charge is 2.37. The number of alkyl carbamates (subject to hydrolysis) is 1. The minimum Gasteiger partial charge on any atom is -0.444 e. The Balaban J connectivity index is 0.00000225. The molecule has 1 amide bonds. The number of amides is 1. The van der Waals surface area contributed by atoms with E-state index in [0.717, 1.165) is 13.1 Å². The Labute approximate surface area is 103 Å². The number of methoxy groups -OCH3 is 1. The second-order valence-electron chi connectivity index (χ2n) is 4.85. The van der Waals surface area contributed by atoms with Gasteiger partial charge in [0.05, 0.1) is 6.54 Å². The van der Waals surface area contributed by atoms with Crippen LogP contribution in [0.1, 0.15) is 20.8 Å². The molecule has 0 atom stereocenters. The summed E-state index contributed by atoms with van der Waals surface area (Å²) in [4.78, 5) is 11.4. The fraction of sp³-hybridized carbons (Fsp3) is 0.900. The van der Waals surface area contributed by atoms with Crippen LogP contribution >= 0.6 is 12.4 Å². The summed E-state index contributed by atoms with van der Waals surface area (Å²) < 4.78 is 10.4. The number of carbonyl (C=O) groups is 1. The molecular weight excluding hydrogens is 232 g/mol. The van der Waals surface area contributed by atoms with E-state index in [4.69, 9.17) is 9.47 Å². The lowest BCUT2D eigenvalue weighted by Gasteiger charge is -2.41. The lowest BCUT2D eigenvalue weighted by Crippen LogP contribution is -2.65. The van der Waals surface area contributed by atoms with Crippen LogP contribution in [0.2, 0.25) is 0 Å². The lowest BCUT2D eigenvalue weighted by atomic mass is 9.97. The molecule has 5 nitrogen and oxygen atoms in total. The minimum atomic E-state index is -0.456. The summed E-state index contributed by atoms with van der Waals surface area (Å²) in [7, 11) is 1.65. The van der Waals surface area contributed by atoms with E-state index in [0.29, 0.717) is 6.54 Å². The molecule has 6 heteroatoms. The van der Waals surface area contributed by atoms with Crippen LogP contribution < -0.4 is 10.6 Å². The highest BCUT2D eigenvalue weighted by molar-refractivity contribution is 5.85. The third-order valence-electron chi connectivity index (χ3n) is 2.28. The van der Waals surface area contributed by atoms with Crippen molar-refractivity contribution in [1.82, 2.24) is 10.6 Å². The van der Waals surface area contributed by atoms with E-state index in [1.807, 2.05) is 20.8 Å². The Kier molecular flexibility index (Phi) is 5.52. The summed E-state index contributed by atoms with van der Waals surface area (Å²) in [6.07, 6.45) is -0.397. The average molecular weight is 253 g/mol. The Morgan fingerprint density at radius 2 is 2.00 bits per heavy atom. The normalized spacial score (nSPS) is 18.0. The molecule has 0 saturated carbocycles. The van der Waals surface area contributed by atoms with E-state index in [1.165, 1.54) is 0 Å². The Morgan fingerprint density at radius 3 is 2.31 bits per heavy atom. The van der Waals surface area contributed by atoms with Crippen molar-refractivity contribution < 1.29 is 14.3 Å². The van der Waals surface area contributed by atoms with E-state index in [2.05, 4.69) is 10.6 Å². The van der Waals surface area contributed by atoms with Crippen molar-refractivity contribution in [3.05, 3.63) is 0 Å². The average Bonchev–Trinajstić information content (AvgIpc) is 1.99. The zero-order chi connectivity index (χ0) is 11.5. The first-order chi connectivity index (χ1) is 6.87. The first-order valence-electron chi connectivity index (χ1n) is 5.10. The summed E-state index contributed by atoms with van der Waals surface area (Å²) in [5.74, 6) is 0. The maximum atomic E-state index is 11.4. The number of halogens is 1. The molecule has 96 valence electrons. The molecule has 0 aliphatic carbocycles. The van der Waals surface area contributed by atoms with E-state index >= 15 is 0 Å². The van der Waals surface area contributed by atoms with Gasteiger partial charge in [0.25, 0.3) is 0 Å². The van der Waals surface area contributed by atoms with Gasteiger partial charge < -0.3 is 20.1 Å². The minimum absolute atomic E-state index is 0. The van der Waals surface area contributed by atoms with Gasteiger partial charge >= 0.3 is 6.09 Å². The van der Waals surface area contributed by atoms with Gasteiger partial charge in [-0.3, -0.25) is 0 Å². The van der Waals surface area contributed by atoms with Crippen molar-refractivity contribution in [2.24, 2.45) is 0 Å². The van der Waals surface area contributed by atoms with Gasteiger partial charge in [0.15, 0.2) is 0 Å². The van der Waals surface area contributed by atoms with E-state index in [9.17, 15) is 4.79 Å². The van der Waals surface area contributed by atoms with Gasteiger partial charge in [0.2, 0.25) is 0 Å². The van der Waals surface area contributed by atoms with Crippen LogP contribution in [0.3, 0.4) is 0 Å². The maximum Gasteiger partial charge on any atom is 0.407 e. The second-order valence-corrected chi connectivity index (χ2v) is 4.85. The third-order valence-corrected chi connectivity index (χ3v) is 2.28. The van der Waals surface area contributed by atoms with Crippen molar-refractivity contribution in [3.63, 3.8) is 0 Å². The van der Waals surface area contributed by atoms with Crippen LogP contribution in [0.4, 0.5) is 4.79 Å². The topological polar surface area (TPSA) is 59.6 Å². The van der Waals surface area contributed by atoms with E-state index < -0.39 is 11.7 Å². The summed E-state index contributed by atoms with van der Waals surface area (Å²) in [6.45, 7) is 7.51. The molecule has 0 aromatic carbocycles. The zero-order valence-corrected chi connectivity index (χ0v) is 11.1. The largest absolute Gasteiger partial charge is 0.444 e. The first-order valence-corrected chi connectivity index (χ1v) is 5.10. The summed E-state index contributed by atoms with van der Waals surface area (Å²) in [5, 5.41) is 5.81. The molecule has 1 fully saturated rings. The molecule has 0 bridgehead atoms. The van der Waals surface area contributed by atoms with Crippen molar-refractivity contribution in [2.45, 2.75) is 32.0 Å². The second kappa shape index (κ2) is 5.70. The Bertz CT molecular complexity index is 231. The van der Waals surface area contributed by atoms with Crippen LogP contribution in [0, 0.1) is 0 Å². The molecule has 1 aliphatic heterocycles. The fourth-order valence-corrected chi connectivity index (χ4v) is 1.29. The molecule has 0 unspecified atom stereocenters. The predicted molar refractivity (Wildman–Crippen MR) is 64.1 cm³/mol. The standard InChI is InChI=1S/C10H20N2O3.ClH/c1-9(2,3)15-8(13)12-7-10(14-4)5-11-6-10;/h11H,5-7H2,1-4H3,(H,12,13);1H. The molecule has 16 heavy (non-hydrogen) atoms. The lowest BCUT2D eigenvalue weighted by molar-refractivity contribution is -0.0502. The summed E-state index contributed by atoms with van der Waals surface area (Å²) >= 11 is 0. The summed E-state index contributed by atoms with van der Waals surface area (Å²) in [5.41, 5.74) is -0.709. The van der Waals surface area contributed by atoms with Crippen molar-refractivity contribution in [3.8, 4) is 0 Å². The molecule has 1 aliphatic rings. The highest BCUT2D eigenvalue weighted by Crippen LogP contribution is 2.14. The van der Waals surface area contributed by atoms with Crippen LogP contribution in [-0.4, -0.2) is 44.0 Å². The monoisotopic (exact) mass is 252 g/mol.